The summed E-state index contributed by atoms with van der Waals surface area (Å²) >= 11 is 0. The lowest BCUT2D eigenvalue weighted by atomic mass is 10.1. The van der Waals surface area contributed by atoms with Gasteiger partial charge in [-0.3, -0.25) is 14.5 Å². The Morgan fingerprint density at radius 3 is 2.38 bits per heavy atom. The zero-order chi connectivity index (χ0) is 24.1. The van der Waals surface area contributed by atoms with Gasteiger partial charge in [0.05, 0.1) is 18.3 Å². The Morgan fingerprint density at radius 1 is 1.03 bits per heavy atom. The first-order chi connectivity index (χ1) is 16.4. The number of nitrogens with zero attached hydrogens (tertiary/aromatic N) is 3. The molecule has 1 aliphatic heterocycles. The van der Waals surface area contributed by atoms with E-state index in [4.69, 9.17) is 4.42 Å². The third-order valence-electron chi connectivity index (χ3n) is 5.74. The number of hydrogen-bond donors (Lipinski definition) is 1. The van der Waals surface area contributed by atoms with Crippen molar-refractivity contribution in [2.24, 2.45) is 0 Å². The molecule has 9 heteroatoms. The van der Waals surface area contributed by atoms with E-state index in [1.165, 1.54) is 12.3 Å². The van der Waals surface area contributed by atoms with Crippen LogP contribution in [0.4, 0.5) is 14.5 Å². The summed E-state index contributed by atoms with van der Waals surface area (Å²) in [5, 5.41) is 2.88. The lowest BCUT2D eigenvalue weighted by Crippen LogP contribution is -2.50. The molecular formula is C25H26F2N4O3. The molecule has 3 aromatic rings. The summed E-state index contributed by atoms with van der Waals surface area (Å²) in [6, 6.07) is 11.2. The van der Waals surface area contributed by atoms with Crippen LogP contribution in [0.15, 0.2) is 53.1 Å². The van der Waals surface area contributed by atoms with Gasteiger partial charge in [-0.2, -0.15) is 0 Å². The fraction of sp³-hybridized carbons (Fsp3) is 0.320. The second kappa shape index (κ2) is 10.6. The van der Waals surface area contributed by atoms with E-state index in [0.717, 1.165) is 23.4 Å². The number of amides is 2. The standard InChI is InChI=1S/C25H26F2N4O3/c1-17-5-7-18(8-6-17)29-22(32)16-30-11-13-31(14-12-30)24(33)10-9-23-28-15-21(34-23)25-19(26)3-2-4-20(25)27/h2-8,15H,9-14,16H2,1H3,(H,29,32). The van der Waals surface area contributed by atoms with Gasteiger partial charge in [0.25, 0.3) is 0 Å². The van der Waals surface area contributed by atoms with E-state index in [-0.39, 0.29) is 48.4 Å². The maximum atomic E-state index is 13.9. The largest absolute Gasteiger partial charge is 0.441 e. The Bertz CT molecular complexity index is 1130. The van der Waals surface area contributed by atoms with E-state index in [2.05, 4.69) is 10.3 Å². The second-order valence-corrected chi connectivity index (χ2v) is 8.29. The molecule has 1 aliphatic rings. The van der Waals surface area contributed by atoms with E-state index in [1.54, 1.807) is 4.90 Å². The van der Waals surface area contributed by atoms with Crippen molar-refractivity contribution in [3.63, 3.8) is 0 Å². The van der Waals surface area contributed by atoms with Gasteiger partial charge in [-0.05, 0) is 31.2 Å². The maximum Gasteiger partial charge on any atom is 0.238 e. The SMILES string of the molecule is Cc1ccc(NC(=O)CN2CCN(C(=O)CCc3ncc(-c4c(F)cccc4F)o3)CC2)cc1. The number of benzene rings is 2. The summed E-state index contributed by atoms with van der Waals surface area (Å²) in [6.45, 7) is 4.50. The van der Waals surface area contributed by atoms with Crippen molar-refractivity contribution in [3.8, 4) is 11.3 Å². The molecule has 178 valence electrons. The number of rotatable bonds is 7. The van der Waals surface area contributed by atoms with Crippen LogP contribution >= 0.6 is 0 Å². The van der Waals surface area contributed by atoms with E-state index in [0.29, 0.717) is 26.2 Å². The zero-order valence-electron chi connectivity index (χ0n) is 18.9. The molecule has 0 bridgehead atoms. The Hall–Kier alpha value is -3.59. The molecule has 0 radical (unpaired) electrons. The van der Waals surface area contributed by atoms with Crippen LogP contribution in [0, 0.1) is 18.6 Å². The van der Waals surface area contributed by atoms with E-state index in [1.807, 2.05) is 36.1 Å². The minimum Gasteiger partial charge on any atom is -0.441 e. The van der Waals surface area contributed by atoms with Gasteiger partial charge < -0.3 is 14.6 Å². The highest BCUT2D eigenvalue weighted by Gasteiger charge is 2.23. The quantitative estimate of drug-likeness (QED) is 0.573. The van der Waals surface area contributed by atoms with Gasteiger partial charge in [0.1, 0.15) is 11.6 Å². The van der Waals surface area contributed by atoms with Crippen LogP contribution in [-0.4, -0.2) is 59.3 Å². The normalized spacial score (nSPS) is 14.3. The number of carbonyl (C=O) groups is 2. The Balaban J connectivity index is 1.22. The van der Waals surface area contributed by atoms with Crippen molar-refractivity contribution in [2.45, 2.75) is 19.8 Å². The van der Waals surface area contributed by atoms with Crippen LogP contribution in [0.1, 0.15) is 17.9 Å². The van der Waals surface area contributed by atoms with E-state index >= 15 is 0 Å². The second-order valence-electron chi connectivity index (χ2n) is 8.29. The monoisotopic (exact) mass is 468 g/mol. The number of piperazine rings is 1. The number of hydrogen-bond acceptors (Lipinski definition) is 5. The van der Waals surface area contributed by atoms with Crippen molar-refractivity contribution in [1.29, 1.82) is 0 Å². The van der Waals surface area contributed by atoms with Gasteiger partial charge in [-0.15, -0.1) is 0 Å². The highest BCUT2D eigenvalue weighted by atomic mass is 19.1. The highest BCUT2D eigenvalue weighted by Crippen LogP contribution is 2.26. The van der Waals surface area contributed by atoms with Crippen molar-refractivity contribution < 1.29 is 22.8 Å². The summed E-state index contributed by atoms with van der Waals surface area (Å²) in [7, 11) is 0. The van der Waals surface area contributed by atoms with Crippen LogP contribution in [0.2, 0.25) is 0 Å². The molecule has 7 nitrogen and oxygen atoms in total. The Morgan fingerprint density at radius 2 is 1.71 bits per heavy atom. The summed E-state index contributed by atoms with van der Waals surface area (Å²) < 4.78 is 33.3. The average Bonchev–Trinajstić information content (AvgIpc) is 3.28. The molecule has 1 saturated heterocycles. The van der Waals surface area contributed by atoms with Crippen LogP contribution in [0.3, 0.4) is 0 Å². The van der Waals surface area contributed by atoms with Crippen LogP contribution in [0.25, 0.3) is 11.3 Å². The minimum absolute atomic E-state index is 0.00410. The van der Waals surface area contributed by atoms with Gasteiger partial charge in [0.15, 0.2) is 11.7 Å². The number of oxazole rings is 1. The average molecular weight is 469 g/mol. The maximum absolute atomic E-state index is 13.9. The van der Waals surface area contributed by atoms with Crippen LogP contribution in [-0.2, 0) is 16.0 Å². The third kappa shape index (κ3) is 5.85. The number of anilines is 1. The first kappa shape index (κ1) is 23.6. The molecule has 1 aromatic heterocycles. The molecule has 0 unspecified atom stereocenters. The summed E-state index contributed by atoms with van der Waals surface area (Å²) in [4.78, 5) is 32.7. The molecular weight excluding hydrogens is 442 g/mol. The fourth-order valence-electron chi connectivity index (χ4n) is 3.84. The van der Waals surface area contributed by atoms with Crippen molar-refractivity contribution in [3.05, 3.63) is 71.8 Å². The van der Waals surface area contributed by atoms with Gasteiger partial charge in [-0.1, -0.05) is 23.8 Å². The topological polar surface area (TPSA) is 78.7 Å². The molecule has 1 fully saturated rings. The first-order valence-corrected chi connectivity index (χ1v) is 11.1. The summed E-state index contributed by atoms with van der Waals surface area (Å²) in [5.41, 5.74) is 1.62. The molecule has 0 saturated carbocycles. The summed E-state index contributed by atoms with van der Waals surface area (Å²) in [5.74, 6) is -1.36. The minimum atomic E-state index is -0.732. The lowest BCUT2D eigenvalue weighted by Gasteiger charge is -2.34. The molecule has 0 aliphatic carbocycles. The Kier molecular flexibility index (Phi) is 7.32. The van der Waals surface area contributed by atoms with Gasteiger partial charge in [-0.25, -0.2) is 13.8 Å². The van der Waals surface area contributed by atoms with Crippen LogP contribution in [0.5, 0.6) is 0 Å². The highest BCUT2D eigenvalue weighted by molar-refractivity contribution is 5.92. The number of halogens is 2. The Labute approximate surface area is 196 Å². The third-order valence-corrected chi connectivity index (χ3v) is 5.74. The number of nitrogens with one attached hydrogen (secondary N) is 1. The van der Waals surface area contributed by atoms with Gasteiger partial charge >= 0.3 is 0 Å². The molecule has 1 N–H and O–H groups in total. The number of carbonyl (C=O) groups excluding carboxylic acids is 2. The lowest BCUT2D eigenvalue weighted by molar-refractivity contribution is -0.133. The molecule has 2 amide bonds. The molecule has 2 aromatic carbocycles. The van der Waals surface area contributed by atoms with Crippen molar-refractivity contribution in [2.75, 3.05) is 38.0 Å². The van der Waals surface area contributed by atoms with Crippen molar-refractivity contribution in [1.82, 2.24) is 14.8 Å². The molecule has 34 heavy (non-hydrogen) atoms. The van der Waals surface area contributed by atoms with E-state index in [9.17, 15) is 18.4 Å². The predicted octanol–water partition coefficient (Wildman–Crippen LogP) is 3.64. The predicted molar refractivity (Wildman–Crippen MR) is 123 cm³/mol. The molecule has 0 atom stereocenters. The van der Waals surface area contributed by atoms with Crippen molar-refractivity contribution >= 4 is 17.5 Å². The molecule has 0 spiro atoms. The zero-order valence-corrected chi connectivity index (χ0v) is 18.9. The number of aryl methyl sites for hydroxylation is 2. The first-order valence-electron chi connectivity index (χ1n) is 11.1. The molecule has 2 heterocycles. The number of aromatic nitrogens is 1. The summed E-state index contributed by atoms with van der Waals surface area (Å²) in [6.07, 6.45) is 1.67. The molecule has 4 rings (SSSR count). The fourth-order valence-corrected chi connectivity index (χ4v) is 3.84. The van der Waals surface area contributed by atoms with Crippen LogP contribution < -0.4 is 5.32 Å². The smallest absolute Gasteiger partial charge is 0.238 e. The van der Waals surface area contributed by atoms with Gasteiger partial charge in [0, 0.05) is 44.7 Å². The van der Waals surface area contributed by atoms with E-state index < -0.39 is 11.6 Å². The van der Waals surface area contributed by atoms with Gasteiger partial charge in [0.2, 0.25) is 11.8 Å².